The highest BCUT2D eigenvalue weighted by atomic mass is 19.1. The molecule has 4 aromatic rings. The zero-order valence-corrected chi connectivity index (χ0v) is 19.5. The SMILES string of the molecule is Cc1nc(-c2ccc3[nH]cnc3c2)c2c(n1)[C@@]1(c3ccc(F)cc3)CC(=CO)C(=O)[C@@H](C)[C@@H]1CC2. The average Bonchev–Trinajstić information content (AvgIpc) is 3.34. The predicted molar refractivity (Wildman–Crippen MR) is 130 cm³/mol. The molecule has 0 saturated heterocycles. The number of Topliss-reactive ketones (excluding diaryl/α,β-unsaturated/α-hetero) is 1. The van der Waals surface area contributed by atoms with Crippen molar-refractivity contribution in [1.29, 1.82) is 0 Å². The third-order valence-electron chi connectivity index (χ3n) is 7.89. The summed E-state index contributed by atoms with van der Waals surface area (Å²) in [7, 11) is 0. The van der Waals surface area contributed by atoms with E-state index >= 15 is 0 Å². The summed E-state index contributed by atoms with van der Waals surface area (Å²) in [5.41, 5.74) is 6.12. The number of carbonyl (C=O) groups excluding carboxylic acids is 1. The molecule has 6 rings (SSSR count). The number of hydrogen-bond donors (Lipinski definition) is 2. The minimum absolute atomic E-state index is 0.0336. The fourth-order valence-corrected chi connectivity index (χ4v) is 6.31. The Bertz CT molecular complexity index is 1510. The van der Waals surface area contributed by atoms with Gasteiger partial charge in [-0.1, -0.05) is 25.1 Å². The first-order chi connectivity index (χ1) is 16.9. The minimum atomic E-state index is -0.679. The Morgan fingerprint density at radius 1 is 1.17 bits per heavy atom. The van der Waals surface area contributed by atoms with Crippen LogP contribution in [-0.4, -0.2) is 30.8 Å². The van der Waals surface area contributed by atoms with Crippen LogP contribution >= 0.6 is 0 Å². The first-order valence-corrected chi connectivity index (χ1v) is 11.9. The molecule has 3 atom stereocenters. The lowest BCUT2D eigenvalue weighted by Gasteiger charge is -2.51. The second-order valence-electron chi connectivity index (χ2n) is 9.69. The van der Waals surface area contributed by atoms with E-state index in [1.54, 1.807) is 18.5 Å². The Morgan fingerprint density at radius 3 is 2.74 bits per heavy atom. The molecule has 2 aromatic heterocycles. The van der Waals surface area contributed by atoms with Crippen molar-refractivity contribution in [2.45, 2.75) is 38.5 Å². The molecule has 6 nitrogen and oxygen atoms in total. The van der Waals surface area contributed by atoms with E-state index in [9.17, 15) is 14.3 Å². The molecule has 0 unspecified atom stereocenters. The van der Waals surface area contributed by atoms with Crippen molar-refractivity contribution >= 4 is 16.8 Å². The van der Waals surface area contributed by atoms with E-state index in [-0.39, 0.29) is 23.4 Å². The normalized spacial score (nSPS) is 25.0. The van der Waals surface area contributed by atoms with Crippen LogP contribution in [0.1, 0.15) is 42.4 Å². The largest absolute Gasteiger partial charge is 0.515 e. The highest BCUT2D eigenvalue weighted by Crippen LogP contribution is 2.56. The van der Waals surface area contributed by atoms with Crippen LogP contribution in [0.2, 0.25) is 0 Å². The van der Waals surface area contributed by atoms with Crippen LogP contribution in [-0.2, 0) is 16.6 Å². The fourth-order valence-electron chi connectivity index (χ4n) is 6.31. The van der Waals surface area contributed by atoms with Gasteiger partial charge >= 0.3 is 0 Å². The van der Waals surface area contributed by atoms with Crippen molar-refractivity contribution in [3.63, 3.8) is 0 Å². The van der Waals surface area contributed by atoms with Crippen molar-refractivity contribution in [3.05, 3.63) is 89.1 Å². The Morgan fingerprint density at radius 2 is 1.97 bits per heavy atom. The first kappa shape index (κ1) is 21.6. The number of aromatic nitrogens is 4. The number of benzene rings is 2. The Kier molecular flexibility index (Phi) is 4.85. The molecule has 2 aliphatic carbocycles. The molecule has 0 radical (unpaired) electrons. The molecule has 176 valence electrons. The summed E-state index contributed by atoms with van der Waals surface area (Å²) in [6, 6.07) is 12.6. The van der Waals surface area contributed by atoms with E-state index in [0.29, 0.717) is 17.8 Å². The number of carbonyl (C=O) groups is 1. The Hall–Kier alpha value is -3.87. The van der Waals surface area contributed by atoms with Gasteiger partial charge in [0, 0.05) is 28.0 Å². The number of aryl methyl sites for hydroxylation is 1. The van der Waals surface area contributed by atoms with Gasteiger partial charge in [0.25, 0.3) is 0 Å². The monoisotopic (exact) mass is 468 g/mol. The second kappa shape index (κ2) is 7.83. The van der Waals surface area contributed by atoms with Crippen molar-refractivity contribution in [2.75, 3.05) is 0 Å². The van der Waals surface area contributed by atoms with Crippen molar-refractivity contribution < 1.29 is 14.3 Å². The molecule has 2 aliphatic rings. The first-order valence-electron chi connectivity index (χ1n) is 11.9. The highest BCUT2D eigenvalue weighted by molar-refractivity contribution is 5.98. The smallest absolute Gasteiger partial charge is 0.165 e. The standard InChI is InChI=1S/C28H25FN4O2/c1-15-22-9-8-21-25(17-3-10-23-24(11-17)31-14-30-23)32-16(2)33-27(21)28(22,12-18(13-34)26(15)35)19-4-6-20(29)7-5-19/h3-7,10-11,13-15,22,34H,8-9,12H2,1-2H3,(H,30,31)/t15-,22-,28+/m0/s1. The molecule has 1 saturated carbocycles. The van der Waals surface area contributed by atoms with Gasteiger partial charge in [0.1, 0.15) is 11.6 Å². The summed E-state index contributed by atoms with van der Waals surface area (Å²) in [6.07, 6.45) is 4.42. The number of imidazole rings is 1. The van der Waals surface area contributed by atoms with Gasteiger partial charge in [-0.2, -0.15) is 0 Å². The topological polar surface area (TPSA) is 91.8 Å². The number of nitrogens with zero attached hydrogens (tertiary/aromatic N) is 3. The van der Waals surface area contributed by atoms with E-state index < -0.39 is 5.41 Å². The number of fused-ring (bicyclic) bond motifs is 4. The highest BCUT2D eigenvalue weighted by Gasteiger charge is 2.55. The molecule has 0 amide bonds. The van der Waals surface area contributed by atoms with E-state index in [0.717, 1.165) is 58.2 Å². The molecular formula is C28H25FN4O2. The molecule has 2 N–H and O–H groups in total. The van der Waals surface area contributed by atoms with E-state index in [2.05, 4.69) is 9.97 Å². The number of H-pyrrole nitrogens is 1. The summed E-state index contributed by atoms with van der Waals surface area (Å²) in [6.45, 7) is 3.80. The van der Waals surface area contributed by atoms with Crippen LogP contribution in [0.5, 0.6) is 0 Å². The molecule has 1 fully saturated rings. The van der Waals surface area contributed by atoms with Crippen LogP contribution < -0.4 is 0 Å². The molecule has 2 heterocycles. The maximum Gasteiger partial charge on any atom is 0.165 e. The zero-order chi connectivity index (χ0) is 24.3. The number of rotatable bonds is 2. The lowest BCUT2D eigenvalue weighted by Crippen LogP contribution is -2.51. The van der Waals surface area contributed by atoms with Crippen LogP contribution in [0.25, 0.3) is 22.3 Å². The van der Waals surface area contributed by atoms with Gasteiger partial charge in [0.2, 0.25) is 0 Å². The Balaban J connectivity index is 1.64. The number of allylic oxidation sites excluding steroid dienone is 1. The van der Waals surface area contributed by atoms with Crippen molar-refractivity contribution in [1.82, 2.24) is 19.9 Å². The van der Waals surface area contributed by atoms with Crippen LogP contribution in [0, 0.1) is 24.6 Å². The minimum Gasteiger partial charge on any atom is -0.515 e. The number of hydrogen-bond acceptors (Lipinski definition) is 5. The number of aromatic amines is 1. The summed E-state index contributed by atoms with van der Waals surface area (Å²) in [5, 5.41) is 10.0. The maximum absolute atomic E-state index is 14.0. The Labute approximate surface area is 202 Å². The number of aliphatic hydroxyl groups is 1. The molecule has 35 heavy (non-hydrogen) atoms. The molecule has 2 aromatic carbocycles. The lowest BCUT2D eigenvalue weighted by atomic mass is 9.52. The van der Waals surface area contributed by atoms with Gasteiger partial charge in [-0.25, -0.2) is 19.3 Å². The van der Waals surface area contributed by atoms with Gasteiger partial charge in [0.05, 0.1) is 35.0 Å². The third kappa shape index (κ3) is 3.14. The molecule has 0 spiro atoms. The molecule has 7 heteroatoms. The molecular weight excluding hydrogens is 443 g/mol. The fraction of sp³-hybridized carbons (Fsp3) is 0.286. The summed E-state index contributed by atoms with van der Waals surface area (Å²) in [5.74, 6) is -0.0645. The zero-order valence-electron chi connectivity index (χ0n) is 19.5. The van der Waals surface area contributed by atoms with Crippen LogP contribution in [0.15, 0.2) is 60.6 Å². The third-order valence-corrected chi connectivity index (χ3v) is 7.89. The van der Waals surface area contributed by atoms with Gasteiger partial charge in [-0.15, -0.1) is 0 Å². The predicted octanol–water partition coefficient (Wildman–Crippen LogP) is 5.37. The van der Waals surface area contributed by atoms with E-state index in [1.807, 2.05) is 32.0 Å². The molecule has 0 aliphatic heterocycles. The van der Waals surface area contributed by atoms with Crippen molar-refractivity contribution in [2.24, 2.45) is 11.8 Å². The summed E-state index contributed by atoms with van der Waals surface area (Å²) < 4.78 is 14.0. The van der Waals surface area contributed by atoms with E-state index in [4.69, 9.17) is 9.97 Å². The quantitative estimate of drug-likeness (QED) is 0.305. The van der Waals surface area contributed by atoms with Gasteiger partial charge in [-0.3, -0.25) is 4.79 Å². The molecule has 0 bridgehead atoms. The summed E-state index contributed by atoms with van der Waals surface area (Å²) >= 11 is 0. The van der Waals surface area contributed by atoms with Gasteiger partial charge < -0.3 is 10.1 Å². The van der Waals surface area contributed by atoms with Gasteiger partial charge in [0.15, 0.2) is 5.78 Å². The summed E-state index contributed by atoms with van der Waals surface area (Å²) in [4.78, 5) is 30.5. The van der Waals surface area contributed by atoms with Gasteiger partial charge in [-0.05, 0) is 61.9 Å². The van der Waals surface area contributed by atoms with E-state index in [1.165, 1.54) is 12.1 Å². The number of ketones is 1. The second-order valence-corrected chi connectivity index (χ2v) is 9.69. The van der Waals surface area contributed by atoms with Crippen LogP contribution in [0.4, 0.5) is 4.39 Å². The van der Waals surface area contributed by atoms with Crippen molar-refractivity contribution in [3.8, 4) is 11.3 Å². The number of aliphatic hydroxyl groups excluding tert-OH is 1. The van der Waals surface area contributed by atoms with Crippen LogP contribution in [0.3, 0.4) is 0 Å². The number of halogens is 1. The average molecular weight is 469 g/mol. The number of nitrogens with one attached hydrogen (secondary N) is 1. The lowest BCUT2D eigenvalue weighted by molar-refractivity contribution is -0.123. The maximum atomic E-state index is 14.0.